The fourth-order valence-corrected chi connectivity index (χ4v) is 4.67. The maximum absolute atomic E-state index is 12.9. The average molecular weight is 432 g/mol. The van der Waals surface area contributed by atoms with Gasteiger partial charge in [0, 0.05) is 35.5 Å². The van der Waals surface area contributed by atoms with Crippen molar-refractivity contribution in [1.82, 2.24) is 25.1 Å². The van der Waals surface area contributed by atoms with Gasteiger partial charge in [0.1, 0.15) is 5.56 Å². The summed E-state index contributed by atoms with van der Waals surface area (Å²) >= 11 is 1.44. The molecule has 7 nitrogen and oxygen atoms in total. The second-order valence-corrected chi connectivity index (χ2v) is 8.64. The summed E-state index contributed by atoms with van der Waals surface area (Å²) in [5, 5.41) is 11.2. The van der Waals surface area contributed by atoms with Crippen LogP contribution in [0.15, 0.2) is 64.7 Å². The third-order valence-corrected chi connectivity index (χ3v) is 6.35. The number of thioether (sulfide) groups is 1. The molecule has 1 aliphatic heterocycles. The largest absolute Gasteiger partial charge is 0.351 e. The molecular weight excluding hydrogens is 410 g/mol. The molecule has 0 saturated carbocycles. The third kappa shape index (κ3) is 3.63. The van der Waals surface area contributed by atoms with Crippen molar-refractivity contribution in [2.24, 2.45) is 0 Å². The van der Waals surface area contributed by atoms with Crippen LogP contribution in [0, 0.1) is 0 Å². The van der Waals surface area contributed by atoms with Crippen LogP contribution in [0.5, 0.6) is 0 Å². The van der Waals surface area contributed by atoms with Gasteiger partial charge in [-0.05, 0) is 25.0 Å². The van der Waals surface area contributed by atoms with Crippen LogP contribution in [0.4, 0.5) is 0 Å². The van der Waals surface area contributed by atoms with Crippen LogP contribution in [0.1, 0.15) is 28.9 Å². The third-order valence-electron chi connectivity index (χ3n) is 5.50. The number of hydrogen-bond acceptors (Lipinski definition) is 5. The summed E-state index contributed by atoms with van der Waals surface area (Å²) in [6, 6.07) is 15.7. The first-order valence-corrected chi connectivity index (χ1v) is 11.2. The first kappa shape index (κ1) is 19.6. The standard InChI is InChI=1S/C23H21N5O2S/c1-14-12-16-8-5-9-17-19(16)28(14)13-18(20(17)29)22(30)24-10-11-31-23-25-21(26-27-23)15-6-3-2-4-7-15/h2-9,13-14H,10-12H2,1H3,(H,24,30)(H,25,26,27). The highest BCUT2D eigenvalue weighted by molar-refractivity contribution is 7.99. The highest BCUT2D eigenvalue weighted by atomic mass is 32.2. The first-order chi connectivity index (χ1) is 15.1. The Bertz CT molecular complexity index is 1330. The fourth-order valence-electron chi connectivity index (χ4n) is 4.02. The van der Waals surface area contributed by atoms with Crippen LogP contribution in [-0.4, -0.2) is 38.0 Å². The Morgan fingerprint density at radius 1 is 1.23 bits per heavy atom. The molecular formula is C23H21N5O2S. The van der Waals surface area contributed by atoms with Crippen LogP contribution < -0.4 is 10.7 Å². The van der Waals surface area contributed by atoms with E-state index in [1.165, 1.54) is 11.8 Å². The number of nitrogens with zero attached hydrogens (tertiary/aromatic N) is 3. The van der Waals surface area contributed by atoms with Gasteiger partial charge in [0.15, 0.2) is 5.82 Å². The number of carbonyl (C=O) groups excluding carboxylic acids is 1. The van der Waals surface area contributed by atoms with Gasteiger partial charge in [-0.15, -0.1) is 5.10 Å². The monoisotopic (exact) mass is 431 g/mol. The van der Waals surface area contributed by atoms with Crippen molar-refractivity contribution in [2.45, 2.75) is 24.5 Å². The van der Waals surface area contributed by atoms with E-state index in [1.807, 2.05) is 42.5 Å². The van der Waals surface area contributed by atoms with Gasteiger partial charge in [-0.1, -0.05) is 54.2 Å². The summed E-state index contributed by atoms with van der Waals surface area (Å²) < 4.78 is 2.05. The molecule has 1 aliphatic rings. The van der Waals surface area contributed by atoms with Gasteiger partial charge in [0.25, 0.3) is 5.91 Å². The number of amides is 1. The molecule has 0 aliphatic carbocycles. The van der Waals surface area contributed by atoms with Crippen molar-refractivity contribution in [2.75, 3.05) is 12.3 Å². The average Bonchev–Trinajstić information content (AvgIpc) is 3.39. The molecule has 0 fully saturated rings. The molecule has 0 saturated heterocycles. The molecule has 5 rings (SSSR count). The second-order valence-electron chi connectivity index (χ2n) is 7.58. The van der Waals surface area contributed by atoms with Crippen LogP contribution >= 0.6 is 11.8 Å². The lowest BCUT2D eigenvalue weighted by Gasteiger charge is -2.12. The van der Waals surface area contributed by atoms with Crippen molar-refractivity contribution < 1.29 is 4.79 Å². The summed E-state index contributed by atoms with van der Waals surface area (Å²) in [5.41, 5.74) is 3.05. The molecule has 31 heavy (non-hydrogen) atoms. The SMILES string of the molecule is CC1Cc2cccc3c(=O)c(C(=O)NCCSc4n[nH]c(-c5ccccc5)n4)cn1c23. The first-order valence-electron chi connectivity index (χ1n) is 10.2. The van der Waals surface area contributed by atoms with Crippen molar-refractivity contribution in [3.8, 4) is 11.4 Å². The zero-order valence-corrected chi connectivity index (χ0v) is 17.8. The van der Waals surface area contributed by atoms with Gasteiger partial charge in [-0.25, -0.2) is 4.98 Å². The van der Waals surface area contributed by atoms with Crippen molar-refractivity contribution in [3.05, 3.63) is 76.1 Å². The molecule has 8 heteroatoms. The Morgan fingerprint density at radius 2 is 2.06 bits per heavy atom. The van der Waals surface area contributed by atoms with E-state index in [4.69, 9.17) is 0 Å². The zero-order chi connectivity index (χ0) is 21.4. The molecule has 2 aromatic heterocycles. The highest BCUT2D eigenvalue weighted by Crippen LogP contribution is 2.30. The van der Waals surface area contributed by atoms with Gasteiger partial charge in [0.2, 0.25) is 10.6 Å². The number of nitrogens with one attached hydrogen (secondary N) is 2. The zero-order valence-electron chi connectivity index (χ0n) is 17.0. The lowest BCUT2D eigenvalue weighted by Crippen LogP contribution is -2.31. The van der Waals surface area contributed by atoms with Gasteiger partial charge < -0.3 is 9.88 Å². The molecule has 4 aromatic rings. The number of rotatable bonds is 6. The van der Waals surface area contributed by atoms with Gasteiger partial charge in [-0.3, -0.25) is 14.7 Å². The number of benzene rings is 2. The Morgan fingerprint density at radius 3 is 2.90 bits per heavy atom. The van der Waals surface area contributed by atoms with E-state index >= 15 is 0 Å². The number of hydrogen-bond donors (Lipinski definition) is 2. The maximum atomic E-state index is 12.9. The molecule has 2 aromatic carbocycles. The lowest BCUT2D eigenvalue weighted by molar-refractivity contribution is 0.0954. The van der Waals surface area contributed by atoms with Gasteiger partial charge in [-0.2, -0.15) is 0 Å². The predicted molar refractivity (Wildman–Crippen MR) is 121 cm³/mol. The van der Waals surface area contributed by atoms with Crippen LogP contribution in [0.25, 0.3) is 22.3 Å². The normalized spacial score (nSPS) is 14.8. The number of H-pyrrole nitrogens is 1. The molecule has 0 radical (unpaired) electrons. The van der Waals surface area contributed by atoms with E-state index < -0.39 is 0 Å². The Balaban J connectivity index is 1.24. The van der Waals surface area contributed by atoms with E-state index in [0.717, 1.165) is 23.1 Å². The summed E-state index contributed by atoms with van der Waals surface area (Å²) in [7, 11) is 0. The number of aromatic amines is 1. The number of pyridine rings is 1. The summed E-state index contributed by atoms with van der Waals surface area (Å²) in [6.07, 6.45) is 2.58. The predicted octanol–water partition coefficient (Wildman–Crippen LogP) is 3.43. The summed E-state index contributed by atoms with van der Waals surface area (Å²) in [5.74, 6) is 0.962. The molecule has 1 atom stereocenters. The Labute approximate surface area is 182 Å². The fraction of sp³-hybridized carbons (Fsp3) is 0.217. The van der Waals surface area contributed by atoms with E-state index in [-0.39, 0.29) is 22.9 Å². The maximum Gasteiger partial charge on any atom is 0.256 e. The molecule has 2 N–H and O–H groups in total. The molecule has 0 spiro atoms. The Kier molecular flexibility index (Phi) is 5.07. The van der Waals surface area contributed by atoms with E-state index in [2.05, 4.69) is 32.0 Å². The van der Waals surface area contributed by atoms with E-state index in [1.54, 1.807) is 12.3 Å². The number of para-hydroxylation sites is 1. The lowest BCUT2D eigenvalue weighted by atomic mass is 10.1. The van der Waals surface area contributed by atoms with E-state index in [9.17, 15) is 9.59 Å². The molecule has 1 unspecified atom stereocenters. The van der Waals surface area contributed by atoms with Crippen LogP contribution in [-0.2, 0) is 6.42 Å². The van der Waals surface area contributed by atoms with Crippen LogP contribution in [0.2, 0.25) is 0 Å². The van der Waals surface area contributed by atoms with E-state index in [0.29, 0.717) is 28.7 Å². The van der Waals surface area contributed by atoms with Gasteiger partial charge >= 0.3 is 0 Å². The minimum absolute atomic E-state index is 0.188. The Hall–Kier alpha value is -3.39. The number of carbonyl (C=O) groups is 1. The molecule has 1 amide bonds. The van der Waals surface area contributed by atoms with Crippen molar-refractivity contribution >= 4 is 28.6 Å². The van der Waals surface area contributed by atoms with Gasteiger partial charge in [0.05, 0.1) is 5.52 Å². The smallest absolute Gasteiger partial charge is 0.256 e. The quantitative estimate of drug-likeness (QED) is 0.360. The van der Waals surface area contributed by atoms with Crippen molar-refractivity contribution in [3.63, 3.8) is 0 Å². The second kappa shape index (κ2) is 8.03. The van der Waals surface area contributed by atoms with Crippen molar-refractivity contribution in [1.29, 1.82) is 0 Å². The highest BCUT2D eigenvalue weighted by Gasteiger charge is 2.24. The minimum atomic E-state index is -0.347. The molecule has 0 bridgehead atoms. The topological polar surface area (TPSA) is 92.7 Å². The minimum Gasteiger partial charge on any atom is -0.351 e. The number of aromatic nitrogens is 4. The summed E-state index contributed by atoms with van der Waals surface area (Å²) in [4.78, 5) is 30.1. The summed E-state index contributed by atoms with van der Waals surface area (Å²) in [6.45, 7) is 2.51. The molecule has 3 heterocycles. The molecule has 156 valence electrons. The van der Waals surface area contributed by atoms with Crippen LogP contribution in [0.3, 0.4) is 0 Å².